The molecule has 0 aliphatic carbocycles. The van der Waals surface area contributed by atoms with Gasteiger partial charge in [0.15, 0.2) is 11.6 Å². The second kappa shape index (κ2) is 10.6. The largest absolute Gasteiger partial charge is 0.507 e. The fourth-order valence-electron chi connectivity index (χ4n) is 4.47. The Hall–Kier alpha value is -4.17. The molecule has 1 saturated heterocycles. The molecule has 36 heavy (non-hydrogen) atoms. The lowest BCUT2D eigenvalue weighted by Crippen LogP contribution is -2.37. The van der Waals surface area contributed by atoms with E-state index in [-0.39, 0.29) is 17.4 Å². The molecule has 8 nitrogen and oxygen atoms in total. The first kappa shape index (κ1) is 23.6. The monoisotopic (exact) mass is 483 g/mol. The summed E-state index contributed by atoms with van der Waals surface area (Å²) in [6.45, 7) is 3.68. The van der Waals surface area contributed by atoms with Gasteiger partial charge in [-0.15, -0.1) is 5.10 Å². The van der Waals surface area contributed by atoms with E-state index in [2.05, 4.69) is 20.3 Å². The summed E-state index contributed by atoms with van der Waals surface area (Å²) in [6.07, 6.45) is 3.75. The van der Waals surface area contributed by atoms with Crippen LogP contribution in [0.15, 0.2) is 72.8 Å². The molecule has 184 valence electrons. The number of phenols is 2. The molecule has 3 aromatic carbocycles. The first-order valence-corrected chi connectivity index (χ1v) is 12.2. The van der Waals surface area contributed by atoms with Gasteiger partial charge in [0.1, 0.15) is 11.5 Å². The molecule has 0 spiro atoms. The number of carbonyl (C=O) groups is 1. The van der Waals surface area contributed by atoms with Crippen LogP contribution in [-0.2, 0) is 0 Å². The molecule has 8 heteroatoms. The first-order chi connectivity index (χ1) is 17.6. The molecule has 1 aliphatic rings. The molecule has 0 atom stereocenters. The van der Waals surface area contributed by atoms with Crippen LogP contribution in [0, 0.1) is 0 Å². The van der Waals surface area contributed by atoms with Crippen molar-refractivity contribution in [1.29, 1.82) is 0 Å². The minimum atomic E-state index is -0.118. The molecule has 1 aliphatic heterocycles. The predicted molar refractivity (Wildman–Crippen MR) is 138 cm³/mol. The van der Waals surface area contributed by atoms with E-state index in [0.717, 1.165) is 19.6 Å². The Morgan fingerprint density at radius 1 is 0.833 bits per heavy atom. The number of piperidine rings is 1. The number of nitrogens with one attached hydrogen (secondary N) is 1. The van der Waals surface area contributed by atoms with Gasteiger partial charge in [-0.05, 0) is 74.5 Å². The van der Waals surface area contributed by atoms with Gasteiger partial charge in [0, 0.05) is 18.7 Å². The van der Waals surface area contributed by atoms with Crippen LogP contribution in [-0.4, -0.2) is 62.0 Å². The fourth-order valence-corrected chi connectivity index (χ4v) is 4.47. The molecule has 1 aromatic heterocycles. The highest BCUT2D eigenvalue weighted by Crippen LogP contribution is 2.33. The van der Waals surface area contributed by atoms with E-state index in [4.69, 9.17) is 0 Å². The van der Waals surface area contributed by atoms with Gasteiger partial charge < -0.3 is 20.4 Å². The average molecular weight is 484 g/mol. The average Bonchev–Trinajstić information content (AvgIpc) is 3.35. The van der Waals surface area contributed by atoms with Gasteiger partial charge in [0.2, 0.25) is 0 Å². The topological polar surface area (TPSA) is 104 Å². The van der Waals surface area contributed by atoms with Crippen molar-refractivity contribution in [3.05, 3.63) is 78.4 Å². The van der Waals surface area contributed by atoms with E-state index in [1.807, 2.05) is 6.07 Å². The highest BCUT2D eigenvalue weighted by atomic mass is 16.3. The van der Waals surface area contributed by atoms with Crippen molar-refractivity contribution in [2.75, 3.05) is 26.2 Å². The third kappa shape index (κ3) is 5.08. The van der Waals surface area contributed by atoms with Gasteiger partial charge in [-0.3, -0.25) is 4.79 Å². The van der Waals surface area contributed by atoms with Gasteiger partial charge in [-0.25, -0.2) is 9.67 Å². The lowest BCUT2D eigenvalue weighted by molar-refractivity contribution is 0.0946. The van der Waals surface area contributed by atoms with E-state index in [9.17, 15) is 15.0 Å². The quantitative estimate of drug-likeness (QED) is 0.364. The number of para-hydroxylation sites is 2. The lowest BCUT2D eigenvalue weighted by Gasteiger charge is -2.26. The summed E-state index contributed by atoms with van der Waals surface area (Å²) in [5.74, 6) is 0.763. The molecule has 0 saturated carbocycles. The second-order valence-electron chi connectivity index (χ2n) is 8.91. The second-order valence-corrected chi connectivity index (χ2v) is 8.91. The van der Waals surface area contributed by atoms with Gasteiger partial charge in [-0.2, -0.15) is 0 Å². The number of phenolic OH excluding ortho intramolecular Hbond substituents is 2. The molecule has 5 rings (SSSR count). The van der Waals surface area contributed by atoms with Crippen LogP contribution in [0.4, 0.5) is 0 Å². The van der Waals surface area contributed by atoms with Crippen LogP contribution in [0.3, 0.4) is 0 Å². The zero-order valence-electron chi connectivity index (χ0n) is 20.0. The van der Waals surface area contributed by atoms with E-state index < -0.39 is 0 Å². The minimum absolute atomic E-state index is 0.0649. The van der Waals surface area contributed by atoms with Crippen LogP contribution in [0.1, 0.15) is 29.6 Å². The highest BCUT2D eigenvalue weighted by Gasteiger charge is 2.19. The highest BCUT2D eigenvalue weighted by molar-refractivity contribution is 5.94. The molecule has 1 fully saturated rings. The van der Waals surface area contributed by atoms with Crippen molar-refractivity contribution in [3.8, 4) is 40.0 Å². The standard InChI is InChI=1S/C28H29N5O3/c34-24-10-4-2-8-22(24)26-30-27(23-9-3-5-11-25(23)35)33(31-26)21-14-12-20(13-15-21)28(36)29-16-19-32-17-6-1-7-18-32/h2-5,8-15,34-35H,1,6-7,16-19H2,(H,29,36). The summed E-state index contributed by atoms with van der Waals surface area (Å²) in [5.41, 5.74) is 2.22. The molecule has 2 heterocycles. The Kier molecular flexibility index (Phi) is 6.95. The molecule has 0 bridgehead atoms. The van der Waals surface area contributed by atoms with Gasteiger partial charge in [-0.1, -0.05) is 30.7 Å². The molecular formula is C28H29N5O3. The first-order valence-electron chi connectivity index (χ1n) is 12.2. The maximum Gasteiger partial charge on any atom is 0.251 e. The van der Waals surface area contributed by atoms with Crippen LogP contribution in [0.5, 0.6) is 11.5 Å². The molecule has 0 unspecified atom stereocenters. The van der Waals surface area contributed by atoms with E-state index in [1.165, 1.54) is 19.3 Å². The Labute approximate surface area is 209 Å². The van der Waals surface area contributed by atoms with Crippen molar-refractivity contribution < 1.29 is 15.0 Å². The van der Waals surface area contributed by atoms with Crippen LogP contribution >= 0.6 is 0 Å². The summed E-state index contributed by atoms with van der Waals surface area (Å²) in [7, 11) is 0. The fraction of sp³-hybridized carbons (Fsp3) is 0.250. The van der Waals surface area contributed by atoms with E-state index >= 15 is 0 Å². The lowest BCUT2D eigenvalue weighted by atomic mass is 10.1. The number of amides is 1. The summed E-state index contributed by atoms with van der Waals surface area (Å²) >= 11 is 0. The maximum atomic E-state index is 12.7. The van der Waals surface area contributed by atoms with Gasteiger partial charge >= 0.3 is 0 Å². The van der Waals surface area contributed by atoms with Gasteiger partial charge in [0.05, 0.1) is 16.8 Å². The Balaban J connectivity index is 1.39. The predicted octanol–water partition coefficient (Wildman–Crippen LogP) is 4.23. The van der Waals surface area contributed by atoms with Gasteiger partial charge in [0.25, 0.3) is 5.91 Å². The van der Waals surface area contributed by atoms with Crippen molar-refractivity contribution in [1.82, 2.24) is 25.0 Å². The number of benzene rings is 3. The summed E-state index contributed by atoms with van der Waals surface area (Å²) in [5, 5.41) is 28.4. The number of carbonyl (C=O) groups excluding carboxylic acids is 1. The zero-order valence-corrected chi connectivity index (χ0v) is 20.0. The number of rotatable bonds is 7. The van der Waals surface area contributed by atoms with Crippen LogP contribution in [0.2, 0.25) is 0 Å². The summed E-state index contributed by atoms with van der Waals surface area (Å²) < 4.78 is 1.61. The van der Waals surface area contributed by atoms with Crippen molar-refractivity contribution in [3.63, 3.8) is 0 Å². The smallest absolute Gasteiger partial charge is 0.251 e. The number of likely N-dealkylation sites (tertiary alicyclic amines) is 1. The maximum absolute atomic E-state index is 12.7. The molecule has 4 aromatic rings. The van der Waals surface area contributed by atoms with Crippen LogP contribution < -0.4 is 5.32 Å². The number of aromatic nitrogens is 3. The number of aromatic hydroxyl groups is 2. The van der Waals surface area contributed by atoms with Crippen LogP contribution in [0.25, 0.3) is 28.5 Å². The Morgan fingerprint density at radius 3 is 2.14 bits per heavy atom. The normalized spacial score (nSPS) is 14.0. The molecule has 1 amide bonds. The molecule has 3 N–H and O–H groups in total. The Morgan fingerprint density at radius 2 is 1.47 bits per heavy atom. The number of hydrogen-bond acceptors (Lipinski definition) is 6. The van der Waals surface area contributed by atoms with Crippen molar-refractivity contribution >= 4 is 5.91 Å². The van der Waals surface area contributed by atoms with E-state index in [0.29, 0.717) is 40.6 Å². The van der Waals surface area contributed by atoms with Crippen molar-refractivity contribution in [2.45, 2.75) is 19.3 Å². The number of nitrogens with zero attached hydrogens (tertiary/aromatic N) is 4. The third-order valence-corrected chi connectivity index (χ3v) is 6.43. The number of hydrogen-bond donors (Lipinski definition) is 3. The SMILES string of the molecule is O=C(NCCN1CCCCC1)c1ccc(-n2nc(-c3ccccc3O)nc2-c2ccccc2O)cc1. The van der Waals surface area contributed by atoms with E-state index in [1.54, 1.807) is 71.4 Å². The summed E-state index contributed by atoms with van der Waals surface area (Å²) in [6, 6.07) is 20.8. The summed E-state index contributed by atoms with van der Waals surface area (Å²) in [4.78, 5) is 19.7. The van der Waals surface area contributed by atoms with Crippen molar-refractivity contribution in [2.24, 2.45) is 0 Å². The minimum Gasteiger partial charge on any atom is -0.507 e. The zero-order chi connectivity index (χ0) is 24.9. The third-order valence-electron chi connectivity index (χ3n) is 6.43. The molecule has 0 radical (unpaired) electrons. The molecular weight excluding hydrogens is 454 g/mol. The Bertz CT molecular complexity index is 1340.